The zero-order valence-electron chi connectivity index (χ0n) is 10.8. The lowest BCUT2D eigenvalue weighted by molar-refractivity contribution is 0.404. The highest BCUT2D eigenvalue weighted by molar-refractivity contribution is 7.98. The fourth-order valence-corrected chi connectivity index (χ4v) is 2.36. The average Bonchev–Trinajstić information content (AvgIpc) is 2.34. The molecule has 1 atom stereocenters. The third-order valence-electron chi connectivity index (χ3n) is 2.81. The number of rotatable bonds is 7. The Balaban J connectivity index is 2.73. The number of hydrazine groups is 1. The first-order chi connectivity index (χ1) is 8.21. The summed E-state index contributed by atoms with van der Waals surface area (Å²) in [6, 6.07) is 6.56. The number of hydrogen-bond donors (Lipinski definition) is 2. The molecule has 0 aliphatic carbocycles. The van der Waals surface area contributed by atoms with E-state index in [4.69, 9.17) is 10.6 Å². The second-order valence-corrected chi connectivity index (χ2v) is 5.15. The van der Waals surface area contributed by atoms with Gasteiger partial charge in [0, 0.05) is 6.04 Å². The van der Waals surface area contributed by atoms with Crippen LogP contribution in [0, 0.1) is 6.92 Å². The van der Waals surface area contributed by atoms with Gasteiger partial charge in [0.25, 0.3) is 0 Å². The number of nitrogens with two attached hydrogens (primary N) is 1. The molecule has 0 heterocycles. The van der Waals surface area contributed by atoms with E-state index in [2.05, 4.69) is 30.7 Å². The van der Waals surface area contributed by atoms with Crippen LogP contribution in [-0.4, -0.2) is 25.2 Å². The number of ether oxygens (including phenoxy) is 1. The lowest BCUT2D eigenvalue weighted by atomic mass is 10.0. The lowest BCUT2D eigenvalue weighted by Gasteiger charge is -2.17. The summed E-state index contributed by atoms with van der Waals surface area (Å²) in [5, 5.41) is 0. The molecule has 96 valence electrons. The van der Waals surface area contributed by atoms with E-state index >= 15 is 0 Å². The summed E-state index contributed by atoms with van der Waals surface area (Å²) in [7, 11) is 1.71. The first-order valence-corrected chi connectivity index (χ1v) is 7.19. The van der Waals surface area contributed by atoms with Gasteiger partial charge in [0.05, 0.1) is 7.11 Å². The van der Waals surface area contributed by atoms with Gasteiger partial charge in [-0.3, -0.25) is 11.3 Å². The van der Waals surface area contributed by atoms with Gasteiger partial charge in [0.15, 0.2) is 0 Å². The molecule has 3 nitrogen and oxygen atoms in total. The normalized spacial score (nSPS) is 12.5. The van der Waals surface area contributed by atoms with Crippen molar-refractivity contribution in [3.63, 3.8) is 0 Å². The molecule has 1 rings (SSSR count). The lowest BCUT2D eigenvalue weighted by Crippen LogP contribution is -2.37. The Hall–Kier alpha value is -0.710. The molecule has 17 heavy (non-hydrogen) atoms. The summed E-state index contributed by atoms with van der Waals surface area (Å²) in [5.41, 5.74) is 5.36. The molecule has 0 saturated heterocycles. The molecule has 0 aliphatic heterocycles. The van der Waals surface area contributed by atoms with Crippen LogP contribution in [0.4, 0.5) is 0 Å². The first kappa shape index (κ1) is 14.4. The Labute approximate surface area is 108 Å². The molecular weight excluding hydrogens is 232 g/mol. The predicted octanol–water partition coefficient (Wildman–Crippen LogP) is 2.13. The Morgan fingerprint density at radius 2 is 2.24 bits per heavy atom. The van der Waals surface area contributed by atoms with Crippen LogP contribution in [0.5, 0.6) is 5.75 Å². The third-order valence-corrected chi connectivity index (χ3v) is 3.45. The molecule has 0 spiro atoms. The minimum absolute atomic E-state index is 0.304. The topological polar surface area (TPSA) is 47.3 Å². The molecule has 0 amide bonds. The maximum atomic E-state index is 5.59. The van der Waals surface area contributed by atoms with Crippen LogP contribution in [0.2, 0.25) is 0 Å². The minimum Gasteiger partial charge on any atom is -0.496 e. The van der Waals surface area contributed by atoms with E-state index in [0.717, 1.165) is 24.3 Å². The number of aryl methyl sites for hydroxylation is 1. The average molecular weight is 254 g/mol. The van der Waals surface area contributed by atoms with Gasteiger partial charge < -0.3 is 4.74 Å². The first-order valence-electron chi connectivity index (χ1n) is 5.79. The molecule has 4 heteroatoms. The van der Waals surface area contributed by atoms with E-state index in [9.17, 15) is 0 Å². The van der Waals surface area contributed by atoms with Crippen LogP contribution in [0.3, 0.4) is 0 Å². The second kappa shape index (κ2) is 7.58. The van der Waals surface area contributed by atoms with Crippen molar-refractivity contribution in [2.45, 2.75) is 25.8 Å². The zero-order valence-corrected chi connectivity index (χ0v) is 11.6. The van der Waals surface area contributed by atoms with Crippen molar-refractivity contribution in [1.29, 1.82) is 0 Å². The highest BCUT2D eigenvalue weighted by Crippen LogP contribution is 2.21. The Morgan fingerprint density at radius 3 is 2.82 bits per heavy atom. The maximum Gasteiger partial charge on any atom is 0.122 e. The van der Waals surface area contributed by atoms with E-state index in [1.807, 2.05) is 17.8 Å². The van der Waals surface area contributed by atoms with Crippen LogP contribution in [0.1, 0.15) is 17.5 Å². The standard InChI is InChI=1S/C13H22N2OS/c1-10-4-5-13(16-2)11(8-10)9-12(15-14)6-7-17-3/h4-5,8,12,15H,6-7,9,14H2,1-3H3. The number of methoxy groups -OCH3 is 1. The summed E-state index contributed by atoms with van der Waals surface area (Å²) in [6.45, 7) is 2.09. The van der Waals surface area contributed by atoms with Gasteiger partial charge in [0.1, 0.15) is 5.75 Å². The smallest absolute Gasteiger partial charge is 0.122 e. The molecule has 0 radical (unpaired) electrons. The third kappa shape index (κ3) is 4.58. The molecule has 0 aromatic heterocycles. The van der Waals surface area contributed by atoms with Crippen molar-refractivity contribution < 1.29 is 4.74 Å². The highest BCUT2D eigenvalue weighted by Gasteiger charge is 2.11. The van der Waals surface area contributed by atoms with Crippen LogP contribution >= 0.6 is 11.8 Å². The summed E-state index contributed by atoms with van der Waals surface area (Å²) in [4.78, 5) is 0. The van der Waals surface area contributed by atoms with Crippen molar-refractivity contribution in [3.05, 3.63) is 29.3 Å². The quantitative estimate of drug-likeness (QED) is 0.578. The molecule has 0 bridgehead atoms. The van der Waals surface area contributed by atoms with E-state index in [1.165, 1.54) is 11.1 Å². The van der Waals surface area contributed by atoms with Gasteiger partial charge in [-0.1, -0.05) is 17.7 Å². The molecule has 3 N–H and O–H groups in total. The van der Waals surface area contributed by atoms with Crippen LogP contribution in [-0.2, 0) is 6.42 Å². The van der Waals surface area contributed by atoms with E-state index in [1.54, 1.807) is 7.11 Å². The van der Waals surface area contributed by atoms with Crippen molar-refractivity contribution in [2.75, 3.05) is 19.1 Å². The largest absolute Gasteiger partial charge is 0.496 e. The highest BCUT2D eigenvalue weighted by atomic mass is 32.2. The van der Waals surface area contributed by atoms with Gasteiger partial charge in [-0.2, -0.15) is 11.8 Å². The molecular formula is C13H22N2OS. The molecule has 1 aromatic carbocycles. The summed E-state index contributed by atoms with van der Waals surface area (Å²) in [6.07, 6.45) is 4.08. The summed E-state index contributed by atoms with van der Waals surface area (Å²) in [5.74, 6) is 7.65. The van der Waals surface area contributed by atoms with E-state index in [-0.39, 0.29) is 0 Å². The van der Waals surface area contributed by atoms with Gasteiger partial charge in [-0.25, -0.2) is 0 Å². The van der Waals surface area contributed by atoms with Crippen LogP contribution in [0.25, 0.3) is 0 Å². The molecule has 0 aliphatic rings. The fraction of sp³-hybridized carbons (Fsp3) is 0.538. The number of nitrogens with one attached hydrogen (secondary N) is 1. The number of thioether (sulfide) groups is 1. The van der Waals surface area contributed by atoms with Crippen molar-refractivity contribution in [3.8, 4) is 5.75 Å². The minimum atomic E-state index is 0.304. The Bertz CT molecular complexity index is 344. The monoisotopic (exact) mass is 254 g/mol. The zero-order chi connectivity index (χ0) is 12.7. The van der Waals surface area contributed by atoms with Gasteiger partial charge in [-0.15, -0.1) is 0 Å². The van der Waals surface area contributed by atoms with Crippen LogP contribution in [0.15, 0.2) is 18.2 Å². The van der Waals surface area contributed by atoms with Gasteiger partial charge in [-0.05, 0) is 43.4 Å². The predicted molar refractivity (Wildman–Crippen MR) is 75.5 cm³/mol. The number of benzene rings is 1. The van der Waals surface area contributed by atoms with Crippen molar-refractivity contribution in [2.24, 2.45) is 5.84 Å². The van der Waals surface area contributed by atoms with Crippen molar-refractivity contribution >= 4 is 11.8 Å². The molecule has 1 unspecified atom stereocenters. The van der Waals surface area contributed by atoms with Gasteiger partial charge >= 0.3 is 0 Å². The van der Waals surface area contributed by atoms with E-state index < -0.39 is 0 Å². The maximum absolute atomic E-state index is 5.59. The second-order valence-electron chi connectivity index (χ2n) is 4.16. The SMILES string of the molecule is COc1ccc(C)cc1CC(CCSC)NN. The molecule has 0 fully saturated rings. The molecule has 1 aromatic rings. The molecule has 0 saturated carbocycles. The Kier molecular flexibility index (Phi) is 6.40. The van der Waals surface area contributed by atoms with Crippen LogP contribution < -0.4 is 16.0 Å². The number of hydrogen-bond acceptors (Lipinski definition) is 4. The summed E-state index contributed by atoms with van der Waals surface area (Å²) < 4.78 is 5.38. The Morgan fingerprint density at radius 1 is 1.47 bits per heavy atom. The van der Waals surface area contributed by atoms with E-state index in [0.29, 0.717) is 6.04 Å². The fourth-order valence-electron chi connectivity index (χ4n) is 1.84. The van der Waals surface area contributed by atoms with Gasteiger partial charge in [0.2, 0.25) is 0 Å². The van der Waals surface area contributed by atoms with Crippen molar-refractivity contribution in [1.82, 2.24) is 5.43 Å². The summed E-state index contributed by atoms with van der Waals surface area (Å²) >= 11 is 1.84.